The van der Waals surface area contributed by atoms with Crippen LogP contribution in [-0.2, 0) is 6.42 Å². The first-order valence-electron chi connectivity index (χ1n) is 7.02. The second kappa shape index (κ2) is 5.66. The van der Waals surface area contributed by atoms with Crippen LogP contribution in [-0.4, -0.2) is 15.7 Å². The molecule has 4 nitrogen and oxygen atoms in total. The lowest BCUT2D eigenvalue weighted by atomic mass is 9.80. The van der Waals surface area contributed by atoms with E-state index in [2.05, 4.69) is 26.1 Å². The van der Waals surface area contributed by atoms with Crippen molar-refractivity contribution in [1.82, 2.24) is 10.1 Å². The van der Waals surface area contributed by atoms with Gasteiger partial charge in [0.25, 0.3) is 0 Å². The molecule has 20 heavy (non-hydrogen) atoms. The van der Waals surface area contributed by atoms with E-state index >= 15 is 0 Å². The van der Waals surface area contributed by atoms with Gasteiger partial charge < -0.3 is 10.3 Å². The fraction of sp³-hybridized carbons (Fsp3) is 0.467. The molecule has 0 saturated heterocycles. The van der Waals surface area contributed by atoms with E-state index in [4.69, 9.17) is 10.3 Å². The fourth-order valence-electron chi connectivity index (χ4n) is 2.78. The first-order chi connectivity index (χ1) is 9.65. The van der Waals surface area contributed by atoms with Gasteiger partial charge >= 0.3 is 0 Å². The Morgan fingerprint density at radius 2 is 1.85 bits per heavy atom. The number of nitrogens with two attached hydrogens (primary N) is 1. The number of aromatic nitrogens is 2. The molecule has 2 N–H and O–H groups in total. The Labute approximate surface area is 126 Å². The van der Waals surface area contributed by atoms with E-state index in [9.17, 15) is 0 Å². The summed E-state index contributed by atoms with van der Waals surface area (Å²) in [4.78, 5) is 4.48. The van der Waals surface area contributed by atoms with Crippen molar-refractivity contribution in [3.63, 3.8) is 0 Å². The molecule has 1 fully saturated rings. The summed E-state index contributed by atoms with van der Waals surface area (Å²) in [7, 11) is 0. The zero-order chi connectivity index (χ0) is 14.0. The number of nitrogens with zero attached hydrogens (tertiary/aromatic N) is 2. The third-order valence-corrected chi connectivity index (χ3v) is 4.45. The van der Waals surface area contributed by atoms with E-state index < -0.39 is 0 Å². The van der Waals surface area contributed by atoms with Gasteiger partial charge in [0.05, 0.1) is 0 Å². The number of hydrogen-bond donors (Lipinski definition) is 1. The molecule has 106 valence electrons. The van der Waals surface area contributed by atoms with Crippen LogP contribution in [0.1, 0.15) is 38.0 Å². The molecule has 0 bridgehead atoms. The molecule has 5 heteroatoms. The topological polar surface area (TPSA) is 64.9 Å². The lowest BCUT2D eigenvalue weighted by Gasteiger charge is -2.31. The van der Waals surface area contributed by atoms with E-state index in [-0.39, 0.29) is 5.54 Å². The first-order valence-corrected chi connectivity index (χ1v) is 7.81. The summed E-state index contributed by atoms with van der Waals surface area (Å²) in [5.41, 5.74) is 7.22. The maximum absolute atomic E-state index is 6.42. The SMILES string of the molecule is NC1(Cc2nc(-c3ccc(Br)cc3)no2)CCCCC1. The number of rotatable bonds is 3. The summed E-state index contributed by atoms with van der Waals surface area (Å²) < 4.78 is 6.40. The quantitative estimate of drug-likeness (QED) is 0.928. The largest absolute Gasteiger partial charge is 0.339 e. The van der Waals surface area contributed by atoms with Crippen LogP contribution >= 0.6 is 15.9 Å². The van der Waals surface area contributed by atoms with Crippen LogP contribution in [0, 0.1) is 0 Å². The van der Waals surface area contributed by atoms with Crippen molar-refractivity contribution < 1.29 is 4.52 Å². The van der Waals surface area contributed by atoms with Gasteiger partial charge in [-0.2, -0.15) is 4.98 Å². The molecule has 0 aliphatic heterocycles. The first kappa shape index (κ1) is 13.8. The van der Waals surface area contributed by atoms with Gasteiger partial charge in [-0.25, -0.2) is 0 Å². The summed E-state index contributed by atoms with van der Waals surface area (Å²) >= 11 is 3.42. The minimum atomic E-state index is -0.165. The van der Waals surface area contributed by atoms with Gasteiger partial charge in [-0.3, -0.25) is 0 Å². The Kier molecular flexibility index (Phi) is 3.89. The number of hydrogen-bond acceptors (Lipinski definition) is 4. The molecule has 1 aromatic carbocycles. The second-order valence-corrected chi connectivity index (χ2v) is 6.53. The molecule has 0 atom stereocenters. The summed E-state index contributed by atoms with van der Waals surface area (Å²) in [6.07, 6.45) is 6.45. The summed E-state index contributed by atoms with van der Waals surface area (Å²) in [5, 5.41) is 4.06. The highest BCUT2D eigenvalue weighted by molar-refractivity contribution is 9.10. The number of benzene rings is 1. The predicted octanol–water partition coefficient (Wildman–Crippen LogP) is 3.70. The van der Waals surface area contributed by atoms with Crippen molar-refractivity contribution in [2.75, 3.05) is 0 Å². The van der Waals surface area contributed by atoms with Gasteiger partial charge in [-0.15, -0.1) is 0 Å². The van der Waals surface area contributed by atoms with Crippen LogP contribution in [0.4, 0.5) is 0 Å². The van der Waals surface area contributed by atoms with Crippen molar-refractivity contribution in [2.24, 2.45) is 5.73 Å². The van der Waals surface area contributed by atoms with Crippen LogP contribution in [0.25, 0.3) is 11.4 Å². The predicted molar refractivity (Wildman–Crippen MR) is 81.1 cm³/mol. The average molecular weight is 336 g/mol. The molecule has 1 aliphatic rings. The molecule has 1 heterocycles. The molecule has 0 radical (unpaired) electrons. The molecular weight excluding hydrogens is 318 g/mol. The van der Waals surface area contributed by atoms with Gasteiger partial charge in [-0.1, -0.05) is 40.3 Å². The monoisotopic (exact) mass is 335 g/mol. The van der Waals surface area contributed by atoms with Crippen LogP contribution in [0.15, 0.2) is 33.3 Å². The van der Waals surface area contributed by atoms with Crippen molar-refractivity contribution in [3.8, 4) is 11.4 Å². The summed E-state index contributed by atoms with van der Waals surface area (Å²) in [5.74, 6) is 1.28. The lowest BCUT2D eigenvalue weighted by Crippen LogP contribution is -2.43. The fourth-order valence-corrected chi connectivity index (χ4v) is 3.04. The van der Waals surface area contributed by atoms with Crippen LogP contribution in [0.5, 0.6) is 0 Å². The third-order valence-electron chi connectivity index (χ3n) is 3.92. The average Bonchev–Trinajstić information content (AvgIpc) is 2.88. The molecule has 1 aliphatic carbocycles. The van der Waals surface area contributed by atoms with Crippen LogP contribution < -0.4 is 5.73 Å². The molecule has 1 aromatic heterocycles. The Hall–Kier alpha value is -1.20. The maximum Gasteiger partial charge on any atom is 0.228 e. The van der Waals surface area contributed by atoms with Crippen LogP contribution in [0.2, 0.25) is 0 Å². The van der Waals surface area contributed by atoms with Gasteiger partial charge in [0, 0.05) is 22.0 Å². The summed E-state index contributed by atoms with van der Waals surface area (Å²) in [6, 6.07) is 7.88. The third kappa shape index (κ3) is 3.10. The molecule has 2 aromatic rings. The van der Waals surface area contributed by atoms with Crippen LogP contribution in [0.3, 0.4) is 0 Å². The van der Waals surface area contributed by atoms with E-state index in [1.807, 2.05) is 24.3 Å². The molecule has 0 amide bonds. The smallest absolute Gasteiger partial charge is 0.228 e. The highest BCUT2D eigenvalue weighted by atomic mass is 79.9. The van der Waals surface area contributed by atoms with E-state index in [1.165, 1.54) is 19.3 Å². The molecule has 1 saturated carbocycles. The minimum absolute atomic E-state index is 0.165. The maximum atomic E-state index is 6.42. The second-order valence-electron chi connectivity index (χ2n) is 5.62. The minimum Gasteiger partial charge on any atom is -0.339 e. The standard InChI is InChI=1S/C15H18BrN3O/c16-12-6-4-11(5-7-12)14-18-13(20-19-14)10-15(17)8-2-1-3-9-15/h4-7H,1-3,8-10,17H2. The van der Waals surface area contributed by atoms with Gasteiger partial charge in [0.2, 0.25) is 11.7 Å². The van der Waals surface area contributed by atoms with E-state index in [0.29, 0.717) is 18.1 Å². The van der Waals surface area contributed by atoms with E-state index in [1.54, 1.807) is 0 Å². The van der Waals surface area contributed by atoms with Gasteiger partial charge in [-0.05, 0) is 37.1 Å². The van der Waals surface area contributed by atoms with E-state index in [0.717, 1.165) is 22.9 Å². The number of halogens is 1. The van der Waals surface area contributed by atoms with Crippen molar-refractivity contribution in [1.29, 1.82) is 0 Å². The zero-order valence-electron chi connectivity index (χ0n) is 11.3. The van der Waals surface area contributed by atoms with Crippen molar-refractivity contribution >= 4 is 15.9 Å². The Morgan fingerprint density at radius 3 is 2.55 bits per heavy atom. The van der Waals surface area contributed by atoms with Gasteiger partial charge in [0.15, 0.2) is 0 Å². The zero-order valence-corrected chi connectivity index (χ0v) is 12.9. The lowest BCUT2D eigenvalue weighted by molar-refractivity contribution is 0.261. The summed E-state index contributed by atoms with van der Waals surface area (Å²) in [6.45, 7) is 0. The van der Waals surface area contributed by atoms with Crippen molar-refractivity contribution in [3.05, 3.63) is 34.6 Å². The highest BCUT2D eigenvalue weighted by Crippen LogP contribution is 2.29. The molecule has 0 spiro atoms. The highest BCUT2D eigenvalue weighted by Gasteiger charge is 2.30. The molecular formula is C15H18BrN3O. The molecule has 3 rings (SSSR count). The molecule has 0 unspecified atom stereocenters. The Morgan fingerprint density at radius 1 is 1.15 bits per heavy atom. The van der Waals surface area contributed by atoms with Crippen molar-refractivity contribution in [2.45, 2.75) is 44.1 Å². The normalized spacial score (nSPS) is 18.1. The Balaban J connectivity index is 1.75. The van der Waals surface area contributed by atoms with Gasteiger partial charge in [0.1, 0.15) is 0 Å². The Bertz CT molecular complexity index is 573.